The predicted molar refractivity (Wildman–Crippen MR) is 69.2 cm³/mol. The maximum atomic E-state index is 11.7. The fraction of sp³-hybridized carbons (Fsp3) is 0.0833. The highest BCUT2D eigenvalue weighted by Gasteiger charge is 2.18. The highest BCUT2D eigenvalue weighted by atomic mass is 32.1. The van der Waals surface area contributed by atoms with Crippen LogP contribution in [0.3, 0.4) is 0 Å². The van der Waals surface area contributed by atoms with Gasteiger partial charge in [0.1, 0.15) is 16.0 Å². The number of nitrogens with zero attached hydrogens (tertiary/aromatic N) is 1. The number of benzene rings is 1. The zero-order valence-corrected chi connectivity index (χ0v) is 10.5. The Hall–Kier alpha value is -2.05. The highest BCUT2D eigenvalue weighted by molar-refractivity contribution is 7.71. The zero-order chi connectivity index (χ0) is 13.1. The molecule has 0 aliphatic heterocycles. The van der Waals surface area contributed by atoms with Crippen LogP contribution in [0.15, 0.2) is 30.3 Å². The van der Waals surface area contributed by atoms with Gasteiger partial charge in [-0.1, -0.05) is 42.5 Å². The van der Waals surface area contributed by atoms with Crippen molar-refractivity contribution < 1.29 is 9.63 Å². The summed E-state index contributed by atoms with van der Waals surface area (Å²) < 4.78 is 0.261. The topological polar surface area (TPSA) is 81.0 Å². The lowest BCUT2D eigenvalue weighted by atomic mass is 10.1. The van der Waals surface area contributed by atoms with Crippen LogP contribution in [0.4, 0.5) is 0 Å². The number of aromatic nitrogens is 2. The monoisotopic (exact) mass is 261 g/mol. The fourth-order valence-electron chi connectivity index (χ4n) is 1.64. The van der Waals surface area contributed by atoms with Crippen molar-refractivity contribution in [2.45, 2.75) is 6.92 Å². The number of aromatic amines is 1. The summed E-state index contributed by atoms with van der Waals surface area (Å²) in [5.41, 5.74) is 1.41. The number of nitrogens with two attached hydrogens (primary N) is 1. The summed E-state index contributed by atoms with van der Waals surface area (Å²) in [5, 5.41) is 0. The van der Waals surface area contributed by atoms with Gasteiger partial charge in [0.25, 0.3) is 0 Å². The van der Waals surface area contributed by atoms with Crippen molar-refractivity contribution in [1.82, 2.24) is 9.97 Å². The van der Waals surface area contributed by atoms with Gasteiger partial charge >= 0.3 is 5.97 Å². The van der Waals surface area contributed by atoms with E-state index in [1.807, 2.05) is 30.3 Å². The van der Waals surface area contributed by atoms with Crippen molar-refractivity contribution in [3.8, 4) is 11.3 Å². The molecular formula is C12H11N3O2S. The van der Waals surface area contributed by atoms with Gasteiger partial charge in [0, 0.05) is 5.56 Å². The van der Waals surface area contributed by atoms with E-state index in [9.17, 15) is 4.79 Å². The molecule has 1 aromatic heterocycles. The van der Waals surface area contributed by atoms with E-state index in [1.165, 1.54) is 0 Å². The summed E-state index contributed by atoms with van der Waals surface area (Å²) in [5.74, 6) is 4.83. The molecule has 0 bridgehead atoms. The van der Waals surface area contributed by atoms with Crippen molar-refractivity contribution in [2.75, 3.05) is 0 Å². The largest absolute Gasteiger partial charge is 0.369 e. The zero-order valence-electron chi connectivity index (χ0n) is 9.64. The van der Waals surface area contributed by atoms with E-state index >= 15 is 0 Å². The van der Waals surface area contributed by atoms with Gasteiger partial charge in [0.2, 0.25) is 0 Å². The lowest BCUT2D eigenvalue weighted by Gasteiger charge is -2.08. The van der Waals surface area contributed by atoms with Gasteiger partial charge in [-0.3, -0.25) is 0 Å². The van der Waals surface area contributed by atoms with E-state index in [0.29, 0.717) is 11.5 Å². The number of aryl methyl sites for hydroxylation is 1. The fourth-order valence-corrected chi connectivity index (χ4v) is 1.97. The van der Waals surface area contributed by atoms with Crippen LogP contribution in [0.5, 0.6) is 0 Å². The molecule has 2 aromatic rings. The van der Waals surface area contributed by atoms with E-state index in [1.54, 1.807) is 6.92 Å². The van der Waals surface area contributed by atoms with Gasteiger partial charge in [-0.15, -0.1) is 0 Å². The second kappa shape index (κ2) is 5.07. The van der Waals surface area contributed by atoms with Crippen molar-refractivity contribution in [1.29, 1.82) is 0 Å². The molecule has 0 aliphatic rings. The smallest absolute Gasteiger partial charge is 0.361 e. The average Bonchev–Trinajstić information content (AvgIpc) is 2.38. The maximum absolute atomic E-state index is 11.7. The van der Waals surface area contributed by atoms with Crippen LogP contribution in [-0.4, -0.2) is 15.9 Å². The summed E-state index contributed by atoms with van der Waals surface area (Å²) in [6.07, 6.45) is 0. The maximum Gasteiger partial charge on any atom is 0.361 e. The standard InChI is InChI=1S/C12H11N3O2S/c1-7-14-10(8-5-3-2-4-6-8)9(11(18)15-7)12(16)17-13/h2-6H,13H2,1H3,(H,14,15,18). The third-order valence-electron chi connectivity index (χ3n) is 2.40. The van der Waals surface area contributed by atoms with Crippen LogP contribution in [0.1, 0.15) is 16.2 Å². The van der Waals surface area contributed by atoms with Crippen LogP contribution >= 0.6 is 12.2 Å². The van der Waals surface area contributed by atoms with Crippen molar-refractivity contribution >= 4 is 18.2 Å². The lowest BCUT2D eigenvalue weighted by molar-refractivity contribution is 0.0502. The Bertz CT molecular complexity index is 638. The molecule has 0 atom stereocenters. The molecule has 92 valence electrons. The SMILES string of the molecule is Cc1nc(-c2ccccc2)c(C(=O)ON)c(=S)[nH]1. The molecule has 6 heteroatoms. The predicted octanol–water partition coefficient (Wildman–Crippen LogP) is 2.15. The molecule has 0 saturated carbocycles. The Morgan fingerprint density at radius 1 is 1.39 bits per heavy atom. The van der Waals surface area contributed by atoms with Crippen molar-refractivity contribution in [2.24, 2.45) is 5.90 Å². The summed E-state index contributed by atoms with van der Waals surface area (Å²) in [6, 6.07) is 9.25. The van der Waals surface area contributed by atoms with Crippen LogP contribution in [-0.2, 0) is 4.84 Å². The first-order valence-corrected chi connectivity index (χ1v) is 5.61. The van der Waals surface area contributed by atoms with Gasteiger partial charge in [-0.05, 0) is 6.92 Å². The molecule has 0 fully saturated rings. The molecule has 0 unspecified atom stereocenters. The number of hydrogen-bond donors (Lipinski definition) is 2. The Labute approximate surface area is 109 Å². The molecule has 0 amide bonds. The quantitative estimate of drug-likeness (QED) is 0.639. The van der Waals surface area contributed by atoms with E-state index < -0.39 is 5.97 Å². The minimum Gasteiger partial charge on any atom is -0.369 e. The average molecular weight is 261 g/mol. The third-order valence-corrected chi connectivity index (χ3v) is 2.70. The van der Waals surface area contributed by atoms with E-state index in [-0.39, 0.29) is 10.2 Å². The van der Waals surface area contributed by atoms with Crippen molar-refractivity contribution in [3.05, 3.63) is 46.4 Å². The summed E-state index contributed by atoms with van der Waals surface area (Å²) in [7, 11) is 0. The van der Waals surface area contributed by atoms with Gasteiger partial charge in [-0.2, -0.15) is 5.90 Å². The van der Waals surface area contributed by atoms with Gasteiger partial charge in [0.05, 0.1) is 5.69 Å². The van der Waals surface area contributed by atoms with Crippen LogP contribution in [0, 0.1) is 11.6 Å². The van der Waals surface area contributed by atoms with Gasteiger partial charge < -0.3 is 9.82 Å². The number of carbonyl (C=O) groups is 1. The van der Waals surface area contributed by atoms with Crippen LogP contribution < -0.4 is 5.90 Å². The number of nitrogens with one attached hydrogen (secondary N) is 1. The van der Waals surface area contributed by atoms with E-state index in [2.05, 4.69) is 14.8 Å². The Morgan fingerprint density at radius 3 is 2.67 bits per heavy atom. The molecule has 0 spiro atoms. The normalized spacial score (nSPS) is 10.1. The van der Waals surface area contributed by atoms with E-state index in [0.717, 1.165) is 5.56 Å². The lowest BCUT2D eigenvalue weighted by Crippen LogP contribution is -2.14. The number of hydrogen-bond acceptors (Lipinski definition) is 5. The first-order chi connectivity index (χ1) is 8.63. The summed E-state index contributed by atoms with van der Waals surface area (Å²) in [6.45, 7) is 1.76. The minimum absolute atomic E-state index is 0.171. The Kier molecular flexibility index (Phi) is 3.50. The minimum atomic E-state index is -0.706. The molecule has 0 saturated heterocycles. The molecule has 0 aliphatic carbocycles. The van der Waals surface area contributed by atoms with Gasteiger partial charge in [0.15, 0.2) is 0 Å². The van der Waals surface area contributed by atoms with Crippen LogP contribution in [0.25, 0.3) is 11.3 Å². The molecule has 3 N–H and O–H groups in total. The highest BCUT2D eigenvalue weighted by Crippen LogP contribution is 2.22. The second-order valence-electron chi connectivity index (χ2n) is 3.65. The Balaban J connectivity index is 2.73. The molecule has 0 radical (unpaired) electrons. The number of H-pyrrole nitrogens is 1. The number of carbonyl (C=O) groups excluding carboxylic acids is 1. The summed E-state index contributed by atoms with van der Waals surface area (Å²) in [4.78, 5) is 23.0. The molecule has 5 nitrogen and oxygen atoms in total. The first-order valence-electron chi connectivity index (χ1n) is 5.21. The molecule has 18 heavy (non-hydrogen) atoms. The molecule has 1 aromatic carbocycles. The third kappa shape index (κ3) is 2.29. The second-order valence-corrected chi connectivity index (χ2v) is 4.05. The number of rotatable bonds is 2. The van der Waals surface area contributed by atoms with Crippen molar-refractivity contribution in [3.63, 3.8) is 0 Å². The van der Waals surface area contributed by atoms with Crippen LogP contribution in [0.2, 0.25) is 0 Å². The summed E-state index contributed by atoms with van der Waals surface area (Å²) >= 11 is 5.12. The van der Waals surface area contributed by atoms with Gasteiger partial charge in [-0.25, -0.2) is 9.78 Å². The van der Waals surface area contributed by atoms with E-state index in [4.69, 9.17) is 18.1 Å². The Morgan fingerprint density at radius 2 is 2.06 bits per heavy atom. The molecule has 2 rings (SSSR count). The molecular weight excluding hydrogens is 250 g/mol. The first kappa shape index (κ1) is 12.4. The molecule has 1 heterocycles.